The summed E-state index contributed by atoms with van der Waals surface area (Å²) >= 11 is 7.65. The summed E-state index contributed by atoms with van der Waals surface area (Å²) in [5, 5.41) is 6.57. The number of rotatable bonds is 0. The first-order valence-corrected chi connectivity index (χ1v) is 4.49. The molecular weight excluding hydrogens is 387 g/mol. The molecule has 0 bridgehead atoms. The predicted octanol–water partition coefficient (Wildman–Crippen LogP) is -1.45. The fourth-order valence-corrected chi connectivity index (χ4v) is 0.765. The normalized spacial score (nSPS) is 16.1. The standard InChI is InChI=1S/C5H12N2.CH3NS2.Bi.3H/c1-2-6-4-5-7-3-1;2-1(3)4;;;;/h6-7H,1-5H2;(H3,2,3,4);;;;. The maximum atomic E-state index is 4.71. The molecule has 0 aromatic heterocycles. The molecule has 1 heterocycles. The number of nitrogens with two attached hydrogens (primary N) is 1. The third-order valence-electron chi connectivity index (χ3n) is 1.19. The van der Waals surface area contributed by atoms with E-state index in [0.717, 1.165) is 13.1 Å². The van der Waals surface area contributed by atoms with E-state index in [9.17, 15) is 0 Å². The SMILES string of the molecule is C1CNCCNC1.NC(=S)S.[BiH3]. The van der Waals surface area contributed by atoms with Crippen LogP contribution in [-0.4, -0.2) is 56.7 Å². The summed E-state index contributed by atoms with van der Waals surface area (Å²) in [6.07, 6.45) is 1.28. The van der Waals surface area contributed by atoms with E-state index in [-0.39, 0.29) is 30.5 Å². The van der Waals surface area contributed by atoms with Gasteiger partial charge in [0.25, 0.3) is 0 Å². The van der Waals surface area contributed by atoms with Crippen molar-refractivity contribution in [3.63, 3.8) is 0 Å². The summed E-state index contributed by atoms with van der Waals surface area (Å²) in [7, 11) is 0. The van der Waals surface area contributed by atoms with Gasteiger partial charge in [0.1, 0.15) is 4.32 Å². The van der Waals surface area contributed by atoms with Crippen LogP contribution in [-0.2, 0) is 0 Å². The molecule has 0 atom stereocenters. The van der Waals surface area contributed by atoms with Crippen LogP contribution in [0.15, 0.2) is 0 Å². The number of hydrogen-bond acceptors (Lipinski definition) is 3. The number of thiol groups is 1. The Bertz CT molecular complexity index is 89.3. The quantitative estimate of drug-likeness (QED) is 0.226. The van der Waals surface area contributed by atoms with Crippen LogP contribution in [0.1, 0.15) is 6.42 Å². The van der Waals surface area contributed by atoms with Crippen molar-refractivity contribution in [1.82, 2.24) is 10.6 Å². The summed E-state index contributed by atoms with van der Waals surface area (Å²) in [6, 6.07) is 0. The Balaban J connectivity index is 0. The Kier molecular flexibility index (Phi) is 15.6. The molecule has 0 aliphatic carbocycles. The molecule has 0 radical (unpaired) electrons. The van der Waals surface area contributed by atoms with E-state index >= 15 is 0 Å². The zero-order valence-electron chi connectivity index (χ0n) is 7.18. The average Bonchev–Trinajstić information content (AvgIpc) is 2.13. The van der Waals surface area contributed by atoms with Crippen molar-refractivity contribution in [2.45, 2.75) is 6.42 Å². The molecule has 4 N–H and O–H groups in total. The van der Waals surface area contributed by atoms with Gasteiger partial charge in [-0.1, -0.05) is 12.2 Å². The molecule has 6 heteroatoms. The summed E-state index contributed by atoms with van der Waals surface area (Å²) in [4.78, 5) is 0. The fourth-order valence-electron chi connectivity index (χ4n) is 0.765. The van der Waals surface area contributed by atoms with E-state index in [2.05, 4.69) is 35.5 Å². The van der Waals surface area contributed by atoms with Gasteiger partial charge in [-0.3, -0.25) is 0 Å². The van der Waals surface area contributed by atoms with Gasteiger partial charge in [-0.15, -0.1) is 12.6 Å². The first kappa shape index (κ1) is 15.5. The van der Waals surface area contributed by atoms with Crippen molar-refractivity contribution in [2.24, 2.45) is 5.73 Å². The molecule has 12 heavy (non-hydrogen) atoms. The van der Waals surface area contributed by atoms with Crippen LogP contribution in [0.2, 0.25) is 0 Å². The molecule has 0 spiro atoms. The Hall–Kier alpha value is 1.04. The molecule has 1 rings (SSSR count). The van der Waals surface area contributed by atoms with Crippen molar-refractivity contribution >= 4 is 55.4 Å². The van der Waals surface area contributed by atoms with E-state index in [1.807, 2.05) is 0 Å². The first-order valence-electron chi connectivity index (χ1n) is 3.63. The third kappa shape index (κ3) is 17.2. The molecule has 1 aliphatic rings. The van der Waals surface area contributed by atoms with E-state index in [1.165, 1.54) is 19.5 Å². The molecule has 3 nitrogen and oxygen atoms in total. The summed E-state index contributed by atoms with van der Waals surface area (Å²) in [5.74, 6) is 0. The molecule has 0 unspecified atom stereocenters. The molecule has 1 saturated heterocycles. The van der Waals surface area contributed by atoms with Crippen molar-refractivity contribution in [3.8, 4) is 0 Å². The molecule has 0 aromatic carbocycles. The molecule has 0 saturated carbocycles. The van der Waals surface area contributed by atoms with Crippen molar-refractivity contribution in [3.05, 3.63) is 0 Å². The van der Waals surface area contributed by atoms with Gasteiger partial charge in [0.2, 0.25) is 0 Å². The summed E-state index contributed by atoms with van der Waals surface area (Å²) in [6.45, 7) is 4.65. The second kappa shape index (κ2) is 12.0. The number of thiocarbonyl (C=S) groups is 1. The van der Waals surface area contributed by atoms with Gasteiger partial charge in [0, 0.05) is 13.1 Å². The van der Waals surface area contributed by atoms with Crippen LogP contribution in [0, 0.1) is 0 Å². The van der Waals surface area contributed by atoms with E-state index in [0.29, 0.717) is 0 Å². The van der Waals surface area contributed by atoms with Gasteiger partial charge in [-0.25, -0.2) is 0 Å². The van der Waals surface area contributed by atoms with Gasteiger partial charge in [0.15, 0.2) is 0 Å². The van der Waals surface area contributed by atoms with Gasteiger partial charge < -0.3 is 16.4 Å². The molecule has 0 aromatic rings. The molecule has 1 fully saturated rings. The Morgan fingerprint density at radius 1 is 1.17 bits per heavy atom. The van der Waals surface area contributed by atoms with Gasteiger partial charge in [-0.05, 0) is 19.5 Å². The third-order valence-corrected chi connectivity index (χ3v) is 1.19. The Morgan fingerprint density at radius 2 is 1.50 bits per heavy atom. The Morgan fingerprint density at radius 3 is 1.83 bits per heavy atom. The van der Waals surface area contributed by atoms with Gasteiger partial charge in [0.05, 0.1) is 0 Å². The van der Waals surface area contributed by atoms with Crippen LogP contribution >= 0.6 is 24.8 Å². The van der Waals surface area contributed by atoms with Crippen molar-refractivity contribution < 1.29 is 0 Å². The maximum absolute atomic E-state index is 4.71. The molecule has 1 aliphatic heterocycles. The van der Waals surface area contributed by atoms with E-state index in [1.54, 1.807) is 0 Å². The van der Waals surface area contributed by atoms with Gasteiger partial charge in [-0.2, -0.15) is 0 Å². The van der Waals surface area contributed by atoms with Crippen LogP contribution in [0.5, 0.6) is 0 Å². The minimum atomic E-state index is 0. The Labute approximate surface area is 104 Å². The topological polar surface area (TPSA) is 50.1 Å². The van der Waals surface area contributed by atoms with Crippen molar-refractivity contribution in [1.29, 1.82) is 0 Å². The number of hydrogen-bond donors (Lipinski definition) is 4. The summed E-state index contributed by atoms with van der Waals surface area (Å²) in [5.41, 5.74) is 4.71. The fraction of sp³-hybridized carbons (Fsp3) is 0.833. The minimum absolute atomic E-state index is 0. The zero-order chi connectivity index (χ0) is 8.53. The second-order valence-electron chi connectivity index (χ2n) is 2.19. The predicted molar refractivity (Wildman–Crippen MR) is 66.1 cm³/mol. The van der Waals surface area contributed by atoms with Crippen LogP contribution < -0.4 is 16.4 Å². The van der Waals surface area contributed by atoms with Gasteiger partial charge >= 0.3 is 26.2 Å². The van der Waals surface area contributed by atoms with Crippen LogP contribution in [0.4, 0.5) is 0 Å². The van der Waals surface area contributed by atoms with E-state index in [4.69, 9.17) is 5.73 Å². The molecule has 0 amide bonds. The molecule has 74 valence electrons. The van der Waals surface area contributed by atoms with Crippen LogP contribution in [0.3, 0.4) is 0 Å². The monoisotopic (exact) mass is 405 g/mol. The second-order valence-corrected chi connectivity index (χ2v) is 3.42. The zero-order valence-corrected chi connectivity index (χ0v) is 14.4. The molecular formula is C6H18BiN3S2. The van der Waals surface area contributed by atoms with E-state index < -0.39 is 0 Å². The number of nitrogens with one attached hydrogen (secondary N) is 2. The summed E-state index contributed by atoms with van der Waals surface area (Å²) < 4.78 is 0.194. The van der Waals surface area contributed by atoms with Crippen LogP contribution in [0.25, 0.3) is 0 Å². The van der Waals surface area contributed by atoms with Crippen molar-refractivity contribution in [2.75, 3.05) is 26.2 Å². The first-order chi connectivity index (χ1) is 5.23. The average molecular weight is 405 g/mol.